The summed E-state index contributed by atoms with van der Waals surface area (Å²) in [5.74, 6) is -0.0667. The number of carbonyl (C=O) groups excluding carboxylic acids is 1. The third kappa shape index (κ3) is 3.08. The number of benzene rings is 4. The van der Waals surface area contributed by atoms with Gasteiger partial charge in [0, 0.05) is 22.2 Å². The number of rotatable bonds is 2. The van der Waals surface area contributed by atoms with E-state index in [4.69, 9.17) is 4.99 Å². The molecular formula is C36H32N2O2. The van der Waals surface area contributed by atoms with Crippen LogP contribution in [0.25, 0.3) is 21.5 Å². The van der Waals surface area contributed by atoms with Crippen LogP contribution in [0.2, 0.25) is 0 Å². The van der Waals surface area contributed by atoms with Gasteiger partial charge in [0.25, 0.3) is 0 Å². The number of aliphatic hydroxyl groups is 1. The van der Waals surface area contributed by atoms with Crippen molar-refractivity contribution in [1.29, 1.82) is 0 Å². The monoisotopic (exact) mass is 524 g/mol. The first-order valence-electron chi connectivity index (χ1n) is 13.9. The van der Waals surface area contributed by atoms with Crippen molar-refractivity contribution in [3.63, 3.8) is 0 Å². The number of Topliss-reactive ketones (excluding diaryl/α,β-unsaturated/α-hetero) is 1. The van der Waals surface area contributed by atoms with Gasteiger partial charge in [-0.15, -0.1) is 0 Å². The summed E-state index contributed by atoms with van der Waals surface area (Å²) in [7, 11) is 0. The van der Waals surface area contributed by atoms with Crippen LogP contribution in [-0.2, 0) is 15.6 Å². The second-order valence-corrected chi connectivity index (χ2v) is 12.3. The first kappa shape index (κ1) is 24.6. The summed E-state index contributed by atoms with van der Waals surface area (Å²) in [6.07, 6.45) is 0. The van der Waals surface area contributed by atoms with Crippen molar-refractivity contribution in [3.05, 3.63) is 118 Å². The molecule has 0 bridgehead atoms. The molecule has 0 saturated heterocycles. The van der Waals surface area contributed by atoms with Crippen molar-refractivity contribution in [3.8, 4) is 0 Å². The van der Waals surface area contributed by atoms with Crippen LogP contribution in [0.4, 0.5) is 11.4 Å². The molecule has 198 valence electrons. The lowest BCUT2D eigenvalue weighted by Gasteiger charge is -2.31. The Morgan fingerprint density at radius 3 is 2.00 bits per heavy atom. The number of fused-ring (bicyclic) bond motifs is 6. The maximum absolute atomic E-state index is 13.8. The van der Waals surface area contributed by atoms with Crippen LogP contribution in [0, 0.1) is 0 Å². The number of aliphatic imine (C=N–C) groups is 1. The lowest BCUT2D eigenvalue weighted by Crippen LogP contribution is -2.33. The normalized spacial score (nSPS) is 21.1. The number of carbonyl (C=O) groups is 1. The van der Waals surface area contributed by atoms with Crippen LogP contribution in [0.3, 0.4) is 0 Å². The highest BCUT2D eigenvalue weighted by molar-refractivity contribution is 6.27. The maximum atomic E-state index is 13.8. The standard InChI is InChI=1S/C36H32N2O2/c1-19(33-35(3,4)29-23-13-9-7-11-21(23)15-17-25(29)37-33)27-31(39)28(32(27)40)20(2)34-36(5,6)30-24-14-10-8-12-22(24)16-18-26(30)38-34/h7-18,37,39H,1-6H3/b28-20+,33-19+. The van der Waals surface area contributed by atoms with E-state index in [9.17, 15) is 9.90 Å². The third-order valence-electron chi connectivity index (χ3n) is 9.20. The molecule has 4 aromatic rings. The molecule has 0 aromatic heterocycles. The number of anilines is 1. The van der Waals surface area contributed by atoms with Gasteiger partial charge in [0.05, 0.1) is 22.5 Å². The first-order valence-corrected chi connectivity index (χ1v) is 13.9. The zero-order valence-electron chi connectivity index (χ0n) is 23.7. The highest BCUT2D eigenvalue weighted by Crippen LogP contribution is 2.51. The van der Waals surface area contributed by atoms with Crippen LogP contribution in [0.5, 0.6) is 0 Å². The smallest absolute Gasteiger partial charge is 0.201 e. The summed E-state index contributed by atoms with van der Waals surface area (Å²) in [6.45, 7) is 12.5. The number of ketones is 1. The average Bonchev–Trinajstić information content (AvgIpc) is 3.37. The summed E-state index contributed by atoms with van der Waals surface area (Å²) in [4.78, 5) is 18.8. The quantitative estimate of drug-likeness (QED) is 0.258. The van der Waals surface area contributed by atoms with E-state index in [1.54, 1.807) is 0 Å². The third-order valence-corrected chi connectivity index (χ3v) is 9.20. The van der Waals surface area contributed by atoms with E-state index in [0.29, 0.717) is 11.1 Å². The molecule has 40 heavy (non-hydrogen) atoms. The van der Waals surface area contributed by atoms with E-state index >= 15 is 0 Å². The van der Waals surface area contributed by atoms with Gasteiger partial charge in [-0.25, -0.2) is 0 Å². The molecule has 0 unspecified atom stereocenters. The van der Waals surface area contributed by atoms with Gasteiger partial charge >= 0.3 is 0 Å². The van der Waals surface area contributed by atoms with Gasteiger partial charge in [-0.1, -0.05) is 88.4 Å². The zero-order valence-corrected chi connectivity index (χ0v) is 23.7. The van der Waals surface area contributed by atoms with Crippen molar-refractivity contribution in [2.45, 2.75) is 52.4 Å². The van der Waals surface area contributed by atoms with Crippen molar-refractivity contribution in [2.24, 2.45) is 4.99 Å². The van der Waals surface area contributed by atoms with Crippen LogP contribution in [0.1, 0.15) is 52.7 Å². The van der Waals surface area contributed by atoms with E-state index < -0.39 is 5.41 Å². The number of hydrogen-bond acceptors (Lipinski definition) is 4. The van der Waals surface area contributed by atoms with Gasteiger partial charge < -0.3 is 10.4 Å². The van der Waals surface area contributed by atoms with Crippen molar-refractivity contribution in [1.82, 2.24) is 0 Å². The molecule has 2 heterocycles. The number of allylic oxidation sites excluding steroid dienone is 5. The highest BCUT2D eigenvalue weighted by Gasteiger charge is 2.45. The van der Waals surface area contributed by atoms with E-state index in [-0.39, 0.29) is 17.0 Å². The van der Waals surface area contributed by atoms with E-state index in [0.717, 1.165) is 39.5 Å². The lowest BCUT2D eigenvalue weighted by molar-refractivity contribution is -0.113. The minimum atomic E-state index is -0.408. The molecule has 0 atom stereocenters. The fourth-order valence-corrected chi connectivity index (χ4v) is 7.31. The van der Waals surface area contributed by atoms with Gasteiger partial charge in [0.2, 0.25) is 5.78 Å². The largest absolute Gasteiger partial charge is 0.506 e. The van der Waals surface area contributed by atoms with E-state index in [1.165, 1.54) is 27.1 Å². The molecule has 0 spiro atoms. The summed E-state index contributed by atoms with van der Waals surface area (Å²) >= 11 is 0. The van der Waals surface area contributed by atoms with Crippen molar-refractivity contribution < 1.29 is 9.90 Å². The molecule has 2 aliphatic heterocycles. The van der Waals surface area contributed by atoms with Crippen LogP contribution >= 0.6 is 0 Å². The Morgan fingerprint density at radius 1 is 0.750 bits per heavy atom. The van der Waals surface area contributed by atoms with Gasteiger partial charge in [0.1, 0.15) is 5.76 Å². The number of nitrogens with one attached hydrogen (secondary N) is 1. The Morgan fingerprint density at radius 2 is 1.35 bits per heavy atom. The zero-order chi connectivity index (χ0) is 28.1. The Labute approximate surface area is 234 Å². The minimum Gasteiger partial charge on any atom is -0.506 e. The molecular weight excluding hydrogens is 492 g/mol. The summed E-state index contributed by atoms with van der Waals surface area (Å²) < 4.78 is 0. The fourth-order valence-electron chi connectivity index (χ4n) is 7.31. The topological polar surface area (TPSA) is 61.7 Å². The molecule has 4 nitrogen and oxygen atoms in total. The Bertz CT molecular complexity index is 1960. The van der Waals surface area contributed by atoms with E-state index in [1.807, 2.05) is 26.0 Å². The van der Waals surface area contributed by atoms with Gasteiger partial charge in [-0.05, 0) is 69.8 Å². The van der Waals surface area contributed by atoms with Crippen molar-refractivity contribution in [2.75, 3.05) is 5.32 Å². The molecule has 2 N–H and O–H groups in total. The number of hydrogen-bond donors (Lipinski definition) is 2. The predicted molar refractivity (Wildman–Crippen MR) is 165 cm³/mol. The summed E-state index contributed by atoms with van der Waals surface area (Å²) in [5, 5.41) is 19.7. The molecule has 4 aromatic carbocycles. The minimum absolute atomic E-state index is 0.0604. The molecule has 0 saturated carbocycles. The molecule has 7 rings (SSSR count). The average molecular weight is 525 g/mol. The Hall–Kier alpha value is -4.44. The number of nitrogens with zero attached hydrogens (tertiary/aromatic N) is 1. The van der Waals surface area contributed by atoms with E-state index in [2.05, 4.69) is 93.7 Å². The molecule has 0 fully saturated rings. The van der Waals surface area contributed by atoms with Crippen LogP contribution in [0.15, 0.2) is 112 Å². The van der Waals surface area contributed by atoms with Crippen molar-refractivity contribution >= 4 is 44.4 Å². The predicted octanol–water partition coefficient (Wildman–Crippen LogP) is 8.75. The van der Waals surface area contributed by atoms with Crippen LogP contribution < -0.4 is 5.32 Å². The lowest BCUT2D eigenvalue weighted by atomic mass is 9.72. The Kier molecular flexibility index (Phi) is 4.95. The van der Waals surface area contributed by atoms with Gasteiger partial charge in [0.15, 0.2) is 0 Å². The number of aliphatic hydroxyl groups excluding tert-OH is 1. The Balaban J connectivity index is 1.32. The maximum Gasteiger partial charge on any atom is 0.201 e. The summed E-state index contributed by atoms with van der Waals surface area (Å²) in [5.41, 5.74) is 7.64. The SMILES string of the molecule is C/C(C1=Nc2ccc3ccccc3c2C1(C)C)=C1\C(=O)C(C(/C)=C2/Nc3ccc4ccccc4c3C2(C)C)=C1O. The molecule has 0 amide bonds. The molecule has 1 aliphatic carbocycles. The van der Waals surface area contributed by atoms with Gasteiger partial charge in [-0.2, -0.15) is 0 Å². The second-order valence-electron chi connectivity index (χ2n) is 12.3. The summed E-state index contributed by atoms with van der Waals surface area (Å²) in [6, 6.07) is 25.1. The fraction of sp³-hybridized carbons (Fsp3) is 0.222. The van der Waals surface area contributed by atoms with Gasteiger partial charge in [-0.3, -0.25) is 9.79 Å². The molecule has 0 radical (unpaired) electrons. The van der Waals surface area contributed by atoms with Crippen LogP contribution in [-0.4, -0.2) is 16.6 Å². The molecule has 4 heteroatoms. The first-order chi connectivity index (χ1) is 19.0. The molecule has 3 aliphatic rings. The second kappa shape index (κ2) is 8.04. The highest BCUT2D eigenvalue weighted by atomic mass is 16.3.